The lowest BCUT2D eigenvalue weighted by molar-refractivity contribution is 0.475. The van der Waals surface area contributed by atoms with Crippen molar-refractivity contribution in [2.75, 3.05) is 0 Å². The Balaban J connectivity index is 1.77. The van der Waals surface area contributed by atoms with Crippen molar-refractivity contribution in [3.63, 3.8) is 0 Å². The van der Waals surface area contributed by atoms with E-state index in [0.29, 0.717) is 10.0 Å². The van der Waals surface area contributed by atoms with Gasteiger partial charge in [0.1, 0.15) is 5.75 Å². The van der Waals surface area contributed by atoms with Crippen LogP contribution in [0.2, 0.25) is 10.0 Å². The Morgan fingerprint density at radius 3 is 2.50 bits per heavy atom. The number of nitrogens with zero attached hydrogens (tertiary/aromatic N) is 1. The van der Waals surface area contributed by atoms with Crippen LogP contribution in [0, 0.1) is 0 Å². The molecule has 3 rings (SSSR count). The van der Waals surface area contributed by atoms with E-state index in [2.05, 4.69) is 4.99 Å². The fourth-order valence-electron chi connectivity index (χ4n) is 2.20. The summed E-state index contributed by atoms with van der Waals surface area (Å²) in [6.45, 7) is 0. The minimum Gasteiger partial charge on any atom is -0.508 e. The summed E-state index contributed by atoms with van der Waals surface area (Å²) in [5.74, 6) is 0.261. The molecule has 22 heavy (non-hydrogen) atoms. The summed E-state index contributed by atoms with van der Waals surface area (Å²) in [6, 6.07) is 12.4. The van der Waals surface area contributed by atoms with E-state index in [0.717, 1.165) is 29.0 Å². The summed E-state index contributed by atoms with van der Waals surface area (Å²) >= 11 is 12.1. The molecule has 1 aliphatic heterocycles. The predicted molar refractivity (Wildman–Crippen MR) is 93.6 cm³/mol. The Kier molecular flexibility index (Phi) is 4.32. The fraction of sp³-hybridized carbons (Fsp3) is 0.0556. The standard InChI is InChI=1S/C18H13Cl2NO/c19-13-4-9-16(17(20)11-13)18-10-6-14(21-18)5-1-12-2-7-15(22)8-3-12/h1-5,7-11,22H,6H2/b5-1+. The van der Waals surface area contributed by atoms with Gasteiger partial charge in [0.15, 0.2) is 0 Å². The zero-order valence-electron chi connectivity index (χ0n) is 11.6. The fourth-order valence-corrected chi connectivity index (χ4v) is 2.70. The number of aromatic hydroxyl groups is 1. The van der Waals surface area contributed by atoms with E-state index in [4.69, 9.17) is 23.2 Å². The molecular weight excluding hydrogens is 317 g/mol. The highest BCUT2D eigenvalue weighted by Gasteiger charge is 2.11. The predicted octanol–water partition coefficient (Wildman–Crippen LogP) is 5.60. The van der Waals surface area contributed by atoms with Gasteiger partial charge in [-0.05, 0) is 42.0 Å². The first-order valence-corrected chi connectivity index (χ1v) is 7.58. The van der Waals surface area contributed by atoms with Crippen LogP contribution in [0.15, 0.2) is 59.6 Å². The van der Waals surface area contributed by atoms with Crippen molar-refractivity contribution < 1.29 is 5.11 Å². The number of phenols is 1. The molecule has 1 heterocycles. The van der Waals surface area contributed by atoms with E-state index in [1.54, 1.807) is 18.2 Å². The van der Waals surface area contributed by atoms with Crippen LogP contribution in [0.3, 0.4) is 0 Å². The van der Waals surface area contributed by atoms with Crippen molar-refractivity contribution in [1.82, 2.24) is 0 Å². The molecule has 0 unspecified atom stereocenters. The van der Waals surface area contributed by atoms with Crippen molar-refractivity contribution in [2.24, 2.45) is 4.99 Å². The highest BCUT2D eigenvalue weighted by Crippen LogP contribution is 2.30. The van der Waals surface area contributed by atoms with E-state index < -0.39 is 0 Å². The van der Waals surface area contributed by atoms with E-state index in [9.17, 15) is 5.11 Å². The van der Waals surface area contributed by atoms with Crippen LogP contribution in [0.4, 0.5) is 0 Å². The Hall–Kier alpha value is -2.03. The molecule has 0 aliphatic carbocycles. The molecule has 0 saturated carbocycles. The lowest BCUT2D eigenvalue weighted by atomic mass is 10.1. The second-order valence-corrected chi connectivity index (χ2v) is 5.79. The second kappa shape index (κ2) is 6.39. The molecule has 0 fully saturated rings. The first kappa shape index (κ1) is 14.9. The van der Waals surface area contributed by atoms with E-state index in [1.807, 2.05) is 42.5 Å². The maximum Gasteiger partial charge on any atom is 0.115 e. The number of benzene rings is 2. The van der Waals surface area contributed by atoms with Crippen molar-refractivity contribution in [3.8, 4) is 5.75 Å². The average molecular weight is 330 g/mol. The van der Waals surface area contributed by atoms with Gasteiger partial charge in [-0.1, -0.05) is 47.5 Å². The maximum absolute atomic E-state index is 9.26. The van der Waals surface area contributed by atoms with Crippen LogP contribution < -0.4 is 0 Å². The smallest absolute Gasteiger partial charge is 0.115 e. The van der Waals surface area contributed by atoms with Gasteiger partial charge in [0.05, 0.1) is 10.7 Å². The number of allylic oxidation sites excluding steroid dienone is 2. The third kappa shape index (κ3) is 3.41. The lowest BCUT2D eigenvalue weighted by Crippen LogP contribution is -1.86. The Morgan fingerprint density at radius 2 is 1.77 bits per heavy atom. The Bertz CT molecular complexity index is 789. The van der Waals surface area contributed by atoms with Crippen molar-refractivity contribution in [2.45, 2.75) is 6.42 Å². The van der Waals surface area contributed by atoms with Crippen LogP contribution in [-0.2, 0) is 0 Å². The summed E-state index contributed by atoms with van der Waals surface area (Å²) in [5.41, 5.74) is 3.73. The molecule has 0 spiro atoms. The molecule has 2 nitrogen and oxygen atoms in total. The third-order valence-electron chi connectivity index (χ3n) is 3.34. The molecule has 0 atom stereocenters. The minimum absolute atomic E-state index is 0.261. The number of aliphatic imine (C=N–C) groups is 1. The van der Waals surface area contributed by atoms with Crippen LogP contribution >= 0.6 is 23.2 Å². The van der Waals surface area contributed by atoms with Gasteiger partial charge in [-0.3, -0.25) is 4.99 Å². The quantitative estimate of drug-likeness (QED) is 0.781. The Morgan fingerprint density at radius 1 is 1.00 bits per heavy atom. The lowest BCUT2D eigenvalue weighted by Gasteiger charge is -2.02. The van der Waals surface area contributed by atoms with E-state index in [-0.39, 0.29) is 5.75 Å². The summed E-state index contributed by atoms with van der Waals surface area (Å²) in [7, 11) is 0. The first-order valence-electron chi connectivity index (χ1n) is 6.82. The second-order valence-electron chi connectivity index (χ2n) is 4.95. The highest BCUT2D eigenvalue weighted by atomic mass is 35.5. The van der Waals surface area contributed by atoms with E-state index >= 15 is 0 Å². The molecule has 110 valence electrons. The minimum atomic E-state index is 0.261. The van der Waals surface area contributed by atoms with Crippen LogP contribution in [0.25, 0.3) is 11.8 Å². The van der Waals surface area contributed by atoms with Gasteiger partial charge in [-0.15, -0.1) is 0 Å². The summed E-state index contributed by atoms with van der Waals surface area (Å²) in [6.07, 6.45) is 6.76. The van der Waals surface area contributed by atoms with Gasteiger partial charge in [0.25, 0.3) is 0 Å². The number of phenolic OH excluding ortho intramolecular Hbond substituents is 1. The van der Waals surface area contributed by atoms with Crippen LogP contribution in [0.5, 0.6) is 5.75 Å². The van der Waals surface area contributed by atoms with Crippen LogP contribution in [0.1, 0.15) is 17.5 Å². The normalized spacial score (nSPS) is 14.3. The van der Waals surface area contributed by atoms with E-state index in [1.165, 1.54) is 0 Å². The van der Waals surface area contributed by atoms with Gasteiger partial charge in [-0.25, -0.2) is 0 Å². The molecule has 2 aromatic carbocycles. The number of hydrogen-bond donors (Lipinski definition) is 1. The number of halogens is 2. The van der Waals surface area contributed by atoms with Gasteiger partial charge in [0, 0.05) is 22.7 Å². The monoisotopic (exact) mass is 329 g/mol. The summed E-state index contributed by atoms with van der Waals surface area (Å²) in [5, 5.41) is 10.5. The topological polar surface area (TPSA) is 32.6 Å². The zero-order valence-corrected chi connectivity index (χ0v) is 13.1. The molecular formula is C18H13Cl2NO. The third-order valence-corrected chi connectivity index (χ3v) is 3.88. The Labute approximate surface area is 139 Å². The largest absolute Gasteiger partial charge is 0.508 e. The summed E-state index contributed by atoms with van der Waals surface area (Å²) < 4.78 is 0. The molecule has 0 bridgehead atoms. The molecule has 2 aromatic rings. The molecule has 1 aliphatic rings. The molecule has 0 saturated heterocycles. The molecule has 1 N–H and O–H groups in total. The highest BCUT2D eigenvalue weighted by molar-refractivity contribution is 6.35. The van der Waals surface area contributed by atoms with Crippen molar-refractivity contribution >= 4 is 40.7 Å². The molecule has 0 amide bonds. The van der Waals surface area contributed by atoms with Gasteiger partial charge in [0.2, 0.25) is 0 Å². The molecule has 0 aromatic heterocycles. The van der Waals surface area contributed by atoms with Gasteiger partial charge < -0.3 is 5.11 Å². The average Bonchev–Trinajstić information content (AvgIpc) is 2.95. The number of rotatable bonds is 3. The first-order chi connectivity index (χ1) is 10.6. The molecule has 4 heteroatoms. The van der Waals surface area contributed by atoms with Gasteiger partial charge >= 0.3 is 0 Å². The van der Waals surface area contributed by atoms with Crippen molar-refractivity contribution in [1.29, 1.82) is 0 Å². The number of hydrogen-bond acceptors (Lipinski definition) is 2. The maximum atomic E-state index is 9.26. The SMILES string of the molecule is Oc1ccc(/C=C/C2=NC(c3ccc(Cl)cc3Cl)=CC2)cc1. The summed E-state index contributed by atoms with van der Waals surface area (Å²) in [4.78, 5) is 4.60. The molecule has 0 radical (unpaired) electrons. The zero-order chi connectivity index (χ0) is 15.5. The van der Waals surface area contributed by atoms with Crippen molar-refractivity contribution in [3.05, 3.63) is 75.8 Å². The van der Waals surface area contributed by atoms with Gasteiger partial charge in [-0.2, -0.15) is 0 Å². The van der Waals surface area contributed by atoms with Crippen LogP contribution in [-0.4, -0.2) is 10.8 Å².